The number of anilines is 14. The van der Waals surface area contributed by atoms with E-state index < -0.39 is 0 Å². The van der Waals surface area contributed by atoms with Crippen molar-refractivity contribution >= 4 is 172 Å². The Bertz CT molecular complexity index is 4860. The molecular formula is C72H43B4N5O2. The third-order valence-electron chi connectivity index (χ3n) is 19.1. The summed E-state index contributed by atoms with van der Waals surface area (Å²) in [4.78, 5) is 10.1. The van der Waals surface area contributed by atoms with Crippen molar-refractivity contribution in [2.24, 2.45) is 0 Å². The molecule has 0 atom stereocenters. The van der Waals surface area contributed by atoms with Crippen molar-refractivity contribution in [3.63, 3.8) is 0 Å². The van der Waals surface area contributed by atoms with Crippen LogP contribution in [0.1, 0.15) is 0 Å². The van der Waals surface area contributed by atoms with Crippen LogP contribution in [0, 0.1) is 0 Å². The van der Waals surface area contributed by atoms with E-state index in [1.165, 1.54) is 88.3 Å². The van der Waals surface area contributed by atoms with E-state index in [0.717, 1.165) is 79.9 Å². The Morgan fingerprint density at radius 3 is 1.16 bits per heavy atom. The van der Waals surface area contributed by atoms with Crippen molar-refractivity contribution in [1.82, 2.24) is 0 Å². The number of para-hydroxylation sites is 7. The summed E-state index contributed by atoms with van der Waals surface area (Å²) in [7, 11) is 0. The van der Waals surface area contributed by atoms with Gasteiger partial charge in [-0.2, -0.15) is 0 Å². The minimum Gasteiger partial charge on any atom is -0.458 e. The van der Waals surface area contributed by atoms with Gasteiger partial charge < -0.3 is 34.4 Å². The minimum absolute atomic E-state index is 0.0494. The molecule has 0 bridgehead atoms. The third-order valence-corrected chi connectivity index (χ3v) is 19.1. The number of nitrogens with one attached hydrogen (secondary N) is 1. The number of rotatable bonds is 3. The van der Waals surface area contributed by atoms with Gasteiger partial charge in [-0.25, -0.2) is 0 Å². The molecule has 7 nitrogen and oxygen atoms in total. The smallest absolute Gasteiger partial charge is 0.256 e. The van der Waals surface area contributed by atoms with Gasteiger partial charge in [0.05, 0.1) is 0 Å². The zero-order valence-corrected chi connectivity index (χ0v) is 44.7. The zero-order valence-electron chi connectivity index (χ0n) is 44.7. The summed E-state index contributed by atoms with van der Waals surface area (Å²) < 4.78 is 13.7. The average Bonchev–Trinajstić information content (AvgIpc) is 3.55. The molecule has 20 rings (SSSR count). The summed E-state index contributed by atoms with van der Waals surface area (Å²) in [6, 6.07) is 94.3. The lowest BCUT2D eigenvalue weighted by molar-refractivity contribution is 0.487. The number of hydrogen-bond acceptors (Lipinski definition) is 7. The molecule has 1 N–H and O–H groups in total. The van der Waals surface area contributed by atoms with E-state index in [1.807, 2.05) is 0 Å². The van der Waals surface area contributed by atoms with E-state index in [4.69, 9.17) is 9.47 Å². The molecule has 380 valence electrons. The largest absolute Gasteiger partial charge is 0.458 e. The van der Waals surface area contributed by atoms with Crippen LogP contribution in [0.4, 0.5) is 79.6 Å². The van der Waals surface area contributed by atoms with Crippen molar-refractivity contribution in [3.05, 3.63) is 255 Å². The van der Waals surface area contributed by atoms with Crippen LogP contribution >= 0.6 is 0 Å². The summed E-state index contributed by atoms with van der Waals surface area (Å²) in [6.07, 6.45) is 0. The molecule has 8 aliphatic heterocycles. The lowest BCUT2D eigenvalue weighted by atomic mass is 9.27. The Labute approximate surface area is 481 Å². The SMILES string of the molecule is c1ccc(N2c3cc4c(cc3B3c5ccccc5Oc5cccc2c53)B2c3ccccc3N3c5ccccc5B5c6cc7c(cc6N(c6ccccc6)c6cc(c2c3c65)N4)N(c2ccccc2)c2cccc3c2B7c2ccccc2O3)cc1. The zero-order chi connectivity index (χ0) is 53.8. The lowest BCUT2D eigenvalue weighted by Gasteiger charge is -2.50. The summed E-state index contributed by atoms with van der Waals surface area (Å²) in [5, 5.41) is 4.26. The highest BCUT2D eigenvalue weighted by Gasteiger charge is 2.53. The van der Waals surface area contributed by atoms with Crippen LogP contribution in [0.3, 0.4) is 0 Å². The second-order valence-electron chi connectivity index (χ2n) is 23.1. The topological polar surface area (TPSA) is 43.5 Å². The summed E-state index contributed by atoms with van der Waals surface area (Å²) in [6.45, 7) is -0.322. The number of nitrogens with zero attached hydrogens (tertiary/aromatic N) is 4. The Hall–Kier alpha value is -10.5. The standard InChI is InChI=1S/C72H43B4N5O2/c1-4-20-43(21-5-1)78-58-32-18-36-66-69(58)75(48-28-12-16-34-64(48)82-66)51-38-50-54(40-60(51)78)77-55-41-63-71-72-68(55)73(50)46-26-10-14-30-56(46)81(72)57-31-15-11-27-47(57)74(71)52-39-53-61(42-62(52)80(63)45-24-8-3-9-25-45)79(44-22-6-2-7-23-44)59-33-19-37-67-70(59)76(53)49-29-13-17-35-65(49)83-67/h1-42,77H. The van der Waals surface area contributed by atoms with Gasteiger partial charge in [0.2, 0.25) is 0 Å². The first-order chi connectivity index (χ1) is 41.2. The molecule has 0 unspecified atom stereocenters. The number of hydrogen-bond donors (Lipinski definition) is 1. The maximum absolute atomic E-state index is 6.86. The molecule has 0 fully saturated rings. The highest BCUT2D eigenvalue weighted by atomic mass is 16.5. The quantitative estimate of drug-likeness (QED) is 0.177. The van der Waals surface area contributed by atoms with Gasteiger partial charge in [-0.05, 0) is 169 Å². The van der Waals surface area contributed by atoms with Crippen molar-refractivity contribution in [2.75, 3.05) is 24.9 Å². The van der Waals surface area contributed by atoms with Gasteiger partial charge in [0.25, 0.3) is 26.9 Å². The molecule has 8 heterocycles. The molecule has 0 saturated heterocycles. The minimum atomic E-state index is -0.112. The van der Waals surface area contributed by atoms with Gasteiger partial charge in [0, 0.05) is 79.6 Å². The molecule has 0 aliphatic carbocycles. The fourth-order valence-electron chi connectivity index (χ4n) is 16.0. The van der Waals surface area contributed by atoms with Gasteiger partial charge in [-0.3, -0.25) is 0 Å². The third kappa shape index (κ3) is 5.73. The van der Waals surface area contributed by atoms with E-state index >= 15 is 0 Å². The maximum Gasteiger partial charge on any atom is 0.256 e. The predicted octanol–water partition coefficient (Wildman–Crippen LogP) is 9.47. The number of fused-ring (bicyclic) bond motifs is 18. The molecule has 0 radical (unpaired) electrons. The van der Waals surface area contributed by atoms with Gasteiger partial charge in [-0.1, -0.05) is 152 Å². The fourth-order valence-corrected chi connectivity index (χ4v) is 16.0. The molecule has 12 aromatic carbocycles. The highest BCUT2D eigenvalue weighted by Crippen LogP contribution is 2.50. The normalized spacial score (nSPS) is 14.6. The summed E-state index contributed by atoms with van der Waals surface area (Å²) in [5.74, 6) is 3.62. The van der Waals surface area contributed by atoms with Gasteiger partial charge in [-0.15, -0.1) is 0 Å². The van der Waals surface area contributed by atoms with Crippen molar-refractivity contribution in [3.8, 4) is 23.0 Å². The van der Waals surface area contributed by atoms with Crippen molar-refractivity contribution < 1.29 is 9.47 Å². The van der Waals surface area contributed by atoms with Crippen molar-refractivity contribution in [1.29, 1.82) is 0 Å². The van der Waals surface area contributed by atoms with Crippen LogP contribution in [0.2, 0.25) is 0 Å². The molecule has 0 amide bonds. The van der Waals surface area contributed by atoms with Crippen LogP contribution in [-0.2, 0) is 0 Å². The Morgan fingerprint density at radius 1 is 0.241 bits per heavy atom. The first kappa shape index (κ1) is 44.3. The van der Waals surface area contributed by atoms with Crippen LogP contribution < -0.4 is 99.9 Å². The molecule has 0 spiro atoms. The Balaban J connectivity index is 0.879. The van der Waals surface area contributed by atoms with E-state index in [9.17, 15) is 0 Å². The molecule has 11 heteroatoms. The van der Waals surface area contributed by atoms with Crippen LogP contribution in [0.5, 0.6) is 23.0 Å². The molecule has 0 saturated carbocycles. The number of benzene rings is 12. The van der Waals surface area contributed by atoms with Gasteiger partial charge in [0.1, 0.15) is 23.0 Å². The van der Waals surface area contributed by atoms with E-state index in [-0.39, 0.29) is 26.9 Å². The second-order valence-corrected chi connectivity index (χ2v) is 23.1. The van der Waals surface area contributed by atoms with Gasteiger partial charge in [0.15, 0.2) is 0 Å². The van der Waals surface area contributed by atoms with E-state index in [1.54, 1.807) is 0 Å². The van der Waals surface area contributed by atoms with Crippen LogP contribution in [-0.4, -0.2) is 26.9 Å². The van der Waals surface area contributed by atoms with E-state index in [2.05, 4.69) is 280 Å². The van der Waals surface area contributed by atoms with Crippen LogP contribution in [0.25, 0.3) is 0 Å². The van der Waals surface area contributed by atoms with Gasteiger partial charge >= 0.3 is 0 Å². The summed E-state index contributed by atoms with van der Waals surface area (Å²) >= 11 is 0. The fraction of sp³-hybridized carbons (Fsp3) is 0. The Kier molecular flexibility index (Phi) is 8.60. The first-order valence-electron chi connectivity index (χ1n) is 28.9. The Morgan fingerprint density at radius 2 is 0.627 bits per heavy atom. The predicted molar refractivity (Wildman–Crippen MR) is 347 cm³/mol. The molecular weight excluding hydrogens is 1010 g/mol. The van der Waals surface area contributed by atoms with E-state index in [0.29, 0.717) is 0 Å². The molecule has 83 heavy (non-hydrogen) atoms. The molecule has 0 aromatic heterocycles. The maximum atomic E-state index is 6.86. The summed E-state index contributed by atoms with van der Waals surface area (Å²) in [5.41, 5.74) is 31.2. The monoisotopic (exact) mass is 1050 g/mol. The van der Waals surface area contributed by atoms with Crippen molar-refractivity contribution in [2.45, 2.75) is 0 Å². The highest BCUT2D eigenvalue weighted by molar-refractivity contribution is 7.06. The lowest BCUT2D eigenvalue weighted by Crippen LogP contribution is -2.69. The number of ether oxygens (including phenoxy) is 2. The second kappa shape index (κ2) is 16.1. The van der Waals surface area contributed by atoms with Crippen LogP contribution in [0.15, 0.2) is 255 Å². The molecule has 12 aromatic rings. The molecule has 8 aliphatic rings. The average molecular weight is 1050 g/mol. The first-order valence-corrected chi connectivity index (χ1v) is 28.9.